The van der Waals surface area contributed by atoms with Crippen molar-refractivity contribution in [3.05, 3.63) is 66.6 Å². The molecule has 0 atom stereocenters. The molecule has 5 rings (SSSR count). The van der Waals surface area contributed by atoms with Crippen LogP contribution in [0.5, 0.6) is 0 Å². The third kappa shape index (κ3) is 4.33. The van der Waals surface area contributed by atoms with Gasteiger partial charge in [0.25, 0.3) is 5.91 Å². The van der Waals surface area contributed by atoms with E-state index < -0.39 is 0 Å². The van der Waals surface area contributed by atoms with Gasteiger partial charge in [-0.2, -0.15) is 0 Å². The lowest BCUT2D eigenvalue weighted by atomic mass is 10.0. The fourth-order valence-corrected chi connectivity index (χ4v) is 4.30. The largest absolute Gasteiger partial charge is 0.355 e. The third-order valence-corrected chi connectivity index (χ3v) is 6.17. The molecule has 0 bridgehead atoms. The average molecular weight is 460 g/mol. The summed E-state index contributed by atoms with van der Waals surface area (Å²) < 4.78 is 15.5. The predicted molar refractivity (Wildman–Crippen MR) is 128 cm³/mol. The van der Waals surface area contributed by atoms with Crippen molar-refractivity contribution in [3.63, 3.8) is 0 Å². The average Bonchev–Trinajstić information content (AvgIpc) is 3.29. The third-order valence-electron chi connectivity index (χ3n) is 6.17. The van der Waals surface area contributed by atoms with Crippen molar-refractivity contribution < 1.29 is 9.18 Å². The Balaban J connectivity index is 1.21. The molecular weight excluding hydrogens is 433 g/mol. The zero-order valence-electron chi connectivity index (χ0n) is 19.1. The molecule has 1 aliphatic heterocycles. The number of hydrogen-bond donors (Lipinski definition) is 1. The second kappa shape index (κ2) is 9.17. The molecular formula is C25H26FN7O. The Bertz CT molecular complexity index is 1310. The molecule has 1 fully saturated rings. The van der Waals surface area contributed by atoms with Crippen molar-refractivity contribution in [2.75, 3.05) is 18.0 Å². The van der Waals surface area contributed by atoms with Crippen LogP contribution in [0.1, 0.15) is 43.1 Å². The first-order valence-electron chi connectivity index (χ1n) is 11.4. The van der Waals surface area contributed by atoms with Crippen LogP contribution in [0.15, 0.2) is 55.2 Å². The lowest BCUT2D eigenvalue weighted by Crippen LogP contribution is -2.45. The predicted octanol–water partition coefficient (Wildman–Crippen LogP) is 4.01. The molecule has 3 aromatic heterocycles. The number of anilines is 1. The highest BCUT2D eigenvalue weighted by atomic mass is 19.1. The second-order valence-corrected chi connectivity index (χ2v) is 8.79. The molecule has 9 heteroatoms. The summed E-state index contributed by atoms with van der Waals surface area (Å²) in [5, 5.41) is 3.11. The molecule has 1 N–H and O–H groups in total. The number of hydrogen-bond acceptors (Lipinski definition) is 6. The summed E-state index contributed by atoms with van der Waals surface area (Å²) in [7, 11) is 0. The molecule has 4 heterocycles. The van der Waals surface area contributed by atoms with Crippen LogP contribution >= 0.6 is 0 Å². The second-order valence-electron chi connectivity index (χ2n) is 8.79. The van der Waals surface area contributed by atoms with Crippen LogP contribution in [0.25, 0.3) is 22.4 Å². The number of rotatable bonds is 5. The summed E-state index contributed by atoms with van der Waals surface area (Å²) in [5.41, 5.74) is 3.43. The van der Waals surface area contributed by atoms with Crippen molar-refractivity contribution in [1.82, 2.24) is 29.8 Å². The standard InChI is InChI=1S/C25H26FN7O/c1-16(2)33-15-30-22-23(28-14-29-24(22)33)32-10-8-20(9-11-32)31-25(34)18-6-7-21(27-13-18)17-4-3-5-19(26)12-17/h3-7,12-16,20H,8-11H2,1-2H3,(H,31,34). The van der Waals surface area contributed by atoms with E-state index in [0.717, 1.165) is 42.9 Å². The van der Waals surface area contributed by atoms with Crippen molar-refractivity contribution in [2.24, 2.45) is 0 Å². The van der Waals surface area contributed by atoms with E-state index in [9.17, 15) is 9.18 Å². The van der Waals surface area contributed by atoms with Crippen LogP contribution in [0.4, 0.5) is 10.2 Å². The number of halogens is 1. The van der Waals surface area contributed by atoms with Gasteiger partial charge in [0, 0.05) is 36.9 Å². The van der Waals surface area contributed by atoms with E-state index in [1.165, 1.54) is 18.3 Å². The van der Waals surface area contributed by atoms with Crippen LogP contribution in [0.3, 0.4) is 0 Å². The van der Waals surface area contributed by atoms with E-state index in [-0.39, 0.29) is 23.8 Å². The Kier molecular flexibility index (Phi) is 5.91. The Morgan fingerprint density at radius 1 is 1.09 bits per heavy atom. The number of benzene rings is 1. The van der Waals surface area contributed by atoms with Gasteiger partial charge >= 0.3 is 0 Å². The van der Waals surface area contributed by atoms with E-state index >= 15 is 0 Å². The fourth-order valence-electron chi connectivity index (χ4n) is 4.30. The molecule has 4 aromatic rings. The normalized spacial score (nSPS) is 14.6. The number of aromatic nitrogens is 5. The minimum Gasteiger partial charge on any atom is -0.355 e. The minimum atomic E-state index is -0.316. The topological polar surface area (TPSA) is 88.8 Å². The van der Waals surface area contributed by atoms with Gasteiger partial charge in [-0.05, 0) is 51.0 Å². The molecule has 0 spiro atoms. The molecule has 1 aromatic carbocycles. The van der Waals surface area contributed by atoms with Gasteiger partial charge < -0.3 is 14.8 Å². The van der Waals surface area contributed by atoms with Crippen molar-refractivity contribution >= 4 is 22.9 Å². The minimum absolute atomic E-state index is 0.0668. The number of nitrogens with one attached hydrogen (secondary N) is 1. The van der Waals surface area contributed by atoms with Crippen LogP contribution in [0, 0.1) is 5.82 Å². The van der Waals surface area contributed by atoms with Gasteiger partial charge in [-0.3, -0.25) is 9.78 Å². The SMILES string of the molecule is CC(C)n1cnc2c(N3CCC(NC(=O)c4ccc(-c5cccc(F)c5)nc4)CC3)ncnc21. The molecule has 0 radical (unpaired) electrons. The van der Waals surface area contributed by atoms with E-state index in [2.05, 4.69) is 44.0 Å². The van der Waals surface area contributed by atoms with E-state index in [4.69, 9.17) is 0 Å². The molecule has 1 saturated heterocycles. The van der Waals surface area contributed by atoms with Gasteiger partial charge in [-0.1, -0.05) is 12.1 Å². The zero-order valence-corrected chi connectivity index (χ0v) is 19.1. The first-order valence-corrected chi connectivity index (χ1v) is 11.4. The number of imidazole rings is 1. The summed E-state index contributed by atoms with van der Waals surface area (Å²) in [4.78, 5) is 32.8. The Labute approximate surface area is 196 Å². The summed E-state index contributed by atoms with van der Waals surface area (Å²) in [6.07, 6.45) is 6.54. The number of nitrogens with zero attached hydrogens (tertiary/aromatic N) is 6. The van der Waals surface area contributed by atoms with Crippen LogP contribution in [-0.2, 0) is 0 Å². The highest BCUT2D eigenvalue weighted by Crippen LogP contribution is 2.26. The molecule has 0 saturated carbocycles. The van der Waals surface area contributed by atoms with Gasteiger partial charge in [0.05, 0.1) is 17.6 Å². The highest BCUT2D eigenvalue weighted by molar-refractivity contribution is 5.94. The summed E-state index contributed by atoms with van der Waals surface area (Å²) in [6, 6.07) is 10.0. The molecule has 0 unspecified atom stereocenters. The van der Waals surface area contributed by atoms with E-state index in [0.29, 0.717) is 16.8 Å². The maximum Gasteiger partial charge on any atom is 0.253 e. The number of piperidine rings is 1. The Morgan fingerprint density at radius 2 is 1.91 bits per heavy atom. The van der Waals surface area contributed by atoms with E-state index in [1.54, 1.807) is 30.6 Å². The smallest absolute Gasteiger partial charge is 0.253 e. The number of carbonyl (C=O) groups is 1. The first-order chi connectivity index (χ1) is 16.5. The lowest BCUT2D eigenvalue weighted by molar-refractivity contribution is 0.0930. The first kappa shape index (κ1) is 21.9. The van der Waals surface area contributed by atoms with Gasteiger partial charge in [0.1, 0.15) is 12.1 Å². The van der Waals surface area contributed by atoms with Gasteiger partial charge in [-0.15, -0.1) is 0 Å². The fraction of sp³-hybridized carbons (Fsp3) is 0.320. The highest BCUT2D eigenvalue weighted by Gasteiger charge is 2.24. The lowest BCUT2D eigenvalue weighted by Gasteiger charge is -2.33. The maximum absolute atomic E-state index is 13.5. The molecule has 1 amide bonds. The monoisotopic (exact) mass is 459 g/mol. The number of pyridine rings is 1. The number of amides is 1. The molecule has 1 aliphatic rings. The van der Waals surface area contributed by atoms with Gasteiger partial charge in [-0.25, -0.2) is 19.3 Å². The maximum atomic E-state index is 13.5. The van der Waals surface area contributed by atoms with Crippen molar-refractivity contribution in [1.29, 1.82) is 0 Å². The van der Waals surface area contributed by atoms with Crippen LogP contribution < -0.4 is 10.2 Å². The van der Waals surface area contributed by atoms with E-state index in [1.807, 2.05) is 10.9 Å². The van der Waals surface area contributed by atoms with Gasteiger partial charge in [0.2, 0.25) is 0 Å². The van der Waals surface area contributed by atoms with Crippen LogP contribution in [0.2, 0.25) is 0 Å². The van der Waals surface area contributed by atoms with Crippen LogP contribution in [-0.4, -0.2) is 49.5 Å². The number of carbonyl (C=O) groups excluding carboxylic acids is 1. The van der Waals surface area contributed by atoms with Crippen molar-refractivity contribution in [3.8, 4) is 11.3 Å². The molecule has 174 valence electrons. The Morgan fingerprint density at radius 3 is 2.62 bits per heavy atom. The summed E-state index contributed by atoms with van der Waals surface area (Å²) in [6.45, 7) is 5.73. The summed E-state index contributed by atoms with van der Waals surface area (Å²) >= 11 is 0. The number of fused-ring (bicyclic) bond motifs is 1. The Hall–Kier alpha value is -3.88. The zero-order chi connectivity index (χ0) is 23.7. The quantitative estimate of drug-likeness (QED) is 0.485. The molecule has 0 aliphatic carbocycles. The molecule has 34 heavy (non-hydrogen) atoms. The van der Waals surface area contributed by atoms with Crippen molar-refractivity contribution in [2.45, 2.75) is 38.8 Å². The summed E-state index contributed by atoms with van der Waals surface area (Å²) in [5.74, 6) is 0.367. The molecule has 8 nitrogen and oxygen atoms in total. The van der Waals surface area contributed by atoms with Gasteiger partial charge in [0.15, 0.2) is 17.0 Å².